The number of hydrogen-bond donors (Lipinski definition) is 3. The van der Waals surface area contributed by atoms with Gasteiger partial charge in [0, 0.05) is 19.2 Å². The van der Waals surface area contributed by atoms with Crippen molar-refractivity contribution >= 4 is 5.96 Å². The third-order valence-corrected chi connectivity index (χ3v) is 2.96. The number of nitrogens with one attached hydrogen (secondary N) is 2. The van der Waals surface area contributed by atoms with E-state index in [2.05, 4.69) is 15.6 Å². The van der Waals surface area contributed by atoms with Crippen LogP contribution in [-0.4, -0.2) is 24.7 Å². The maximum atomic E-state index is 13.5. The van der Waals surface area contributed by atoms with E-state index >= 15 is 0 Å². The highest BCUT2D eigenvalue weighted by atomic mass is 19.1. The van der Waals surface area contributed by atoms with Crippen LogP contribution in [0.15, 0.2) is 52.1 Å². The van der Waals surface area contributed by atoms with Gasteiger partial charge in [-0.2, -0.15) is 0 Å². The van der Waals surface area contributed by atoms with E-state index in [1.54, 1.807) is 37.6 Å². The van der Waals surface area contributed by atoms with E-state index in [9.17, 15) is 9.50 Å². The number of aliphatic hydroxyl groups is 1. The molecule has 0 aliphatic carbocycles. The van der Waals surface area contributed by atoms with Crippen LogP contribution < -0.4 is 10.6 Å². The fraction of sp³-hybridized carbons (Fsp3) is 0.267. The Morgan fingerprint density at radius 1 is 1.29 bits per heavy atom. The first kappa shape index (κ1) is 15.1. The summed E-state index contributed by atoms with van der Waals surface area (Å²) in [6.07, 6.45) is 0.642. The van der Waals surface area contributed by atoms with Crippen molar-refractivity contribution in [2.45, 2.75) is 12.6 Å². The van der Waals surface area contributed by atoms with Gasteiger partial charge in [0.25, 0.3) is 0 Å². The first-order valence-corrected chi connectivity index (χ1v) is 6.60. The van der Waals surface area contributed by atoms with Crippen LogP contribution in [0.2, 0.25) is 0 Å². The van der Waals surface area contributed by atoms with Crippen molar-refractivity contribution in [2.24, 2.45) is 4.99 Å². The number of benzene rings is 1. The molecule has 0 saturated heterocycles. The molecular formula is C15H18FN3O2. The van der Waals surface area contributed by atoms with Crippen LogP contribution in [0.5, 0.6) is 0 Å². The quantitative estimate of drug-likeness (QED) is 0.580. The number of guanidine groups is 1. The molecule has 1 atom stereocenters. The Balaban J connectivity index is 1.84. The molecule has 1 aromatic carbocycles. The smallest absolute Gasteiger partial charge is 0.191 e. The van der Waals surface area contributed by atoms with Crippen LogP contribution in [-0.2, 0) is 6.54 Å². The second-order valence-corrected chi connectivity index (χ2v) is 4.42. The predicted octanol–water partition coefficient (Wildman–Crippen LogP) is 1.82. The molecule has 3 N–H and O–H groups in total. The van der Waals surface area contributed by atoms with Crippen molar-refractivity contribution in [3.8, 4) is 0 Å². The molecule has 6 heteroatoms. The van der Waals surface area contributed by atoms with E-state index in [-0.39, 0.29) is 12.1 Å². The van der Waals surface area contributed by atoms with E-state index in [1.165, 1.54) is 6.07 Å². The molecule has 0 aliphatic heterocycles. The lowest BCUT2D eigenvalue weighted by molar-refractivity contribution is 0.176. The first-order chi connectivity index (χ1) is 10.2. The zero-order valence-corrected chi connectivity index (χ0v) is 11.7. The number of aliphatic imine (C=N–C) groups is 1. The summed E-state index contributed by atoms with van der Waals surface area (Å²) in [6, 6.07) is 9.79. The standard InChI is InChI=1S/C15H18FN3O2/c1-17-15(18-9-11-5-4-8-21-11)19-10-14(20)12-6-2-3-7-13(12)16/h2-8,14,20H,9-10H2,1H3,(H2,17,18,19). The van der Waals surface area contributed by atoms with Gasteiger partial charge < -0.3 is 20.2 Å². The Morgan fingerprint density at radius 3 is 2.76 bits per heavy atom. The summed E-state index contributed by atoms with van der Waals surface area (Å²) in [5, 5.41) is 16.0. The van der Waals surface area contributed by atoms with Crippen molar-refractivity contribution in [1.82, 2.24) is 10.6 Å². The fourth-order valence-electron chi connectivity index (χ4n) is 1.85. The van der Waals surface area contributed by atoms with E-state index in [0.717, 1.165) is 5.76 Å². The first-order valence-electron chi connectivity index (χ1n) is 6.60. The lowest BCUT2D eigenvalue weighted by Gasteiger charge is -2.15. The highest BCUT2D eigenvalue weighted by Crippen LogP contribution is 2.15. The topological polar surface area (TPSA) is 69.8 Å². The molecule has 0 aliphatic rings. The van der Waals surface area contributed by atoms with E-state index in [4.69, 9.17) is 4.42 Å². The van der Waals surface area contributed by atoms with Gasteiger partial charge in [-0.1, -0.05) is 18.2 Å². The molecule has 21 heavy (non-hydrogen) atoms. The molecule has 1 heterocycles. The summed E-state index contributed by atoms with van der Waals surface area (Å²) in [5.41, 5.74) is 0.256. The van der Waals surface area contributed by atoms with E-state index in [0.29, 0.717) is 12.5 Å². The van der Waals surface area contributed by atoms with Gasteiger partial charge in [-0.3, -0.25) is 4.99 Å². The zero-order valence-electron chi connectivity index (χ0n) is 11.7. The van der Waals surface area contributed by atoms with Crippen LogP contribution in [0, 0.1) is 5.82 Å². The Kier molecular flexibility index (Phi) is 5.34. The van der Waals surface area contributed by atoms with Gasteiger partial charge >= 0.3 is 0 Å². The summed E-state index contributed by atoms with van der Waals surface area (Å²) < 4.78 is 18.7. The summed E-state index contributed by atoms with van der Waals surface area (Å²) in [4.78, 5) is 4.02. The zero-order chi connectivity index (χ0) is 15.1. The highest BCUT2D eigenvalue weighted by Gasteiger charge is 2.12. The fourth-order valence-corrected chi connectivity index (χ4v) is 1.85. The molecular weight excluding hydrogens is 273 g/mol. The highest BCUT2D eigenvalue weighted by molar-refractivity contribution is 5.79. The number of halogens is 1. The Bertz CT molecular complexity index is 584. The number of nitrogens with zero attached hydrogens (tertiary/aromatic N) is 1. The second-order valence-electron chi connectivity index (χ2n) is 4.42. The van der Waals surface area contributed by atoms with Gasteiger partial charge in [0.05, 0.1) is 18.9 Å². The molecule has 0 bridgehead atoms. The van der Waals surface area contributed by atoms with Crippen LogP contribution in [0.3, 0.4) is 0 Å². The lowest BCUT2D eigenvalue weighted by atomic mass is 10.1. The van der Waals surface area contributed by atoms with Crippen molar-refractivity contribution in [1.29, 1.82) is 0 Å². The van der Waals surface area contributed by atoms with Crippen LogP contribution in [0.1, 0.15) is 17.4 Å². The maximum Gasteiger partial charge on any atom is 0.191 e. The number of aliphatic hydroxyl groups excluding tert-OH is 1. The predicted molar refractivity (Wildman–Crippen MR) is 78.3 cm³/mol. The average Bonchev–Trinajstić information content (AvgIpc) is 3.01. The van der Waals surface area contributed by atoms with Crippen LogP contribution in [0.25, 0.3) is 0 Å². The van der Waals surface area contributed by atoms with E-state index in [1.807, 2.05) is 6.07 Å². The second kappa shape index (κ2) is 7.44. The van der Waals surface area contributed by atoms with Crippen molar-refractivity contribution in [3.05, 3.63) is 59.8 Å². The normalized spacial score (nSPS) is 13.0. The minimum atomic E-state index is -0.951. The summed E-state index contributed by atoms with van der Waals surface area (Å²) in [6.45, 7) is 0.626. The molecule has 5 nitrogen and oxygen atoms in total. The number of rotatable bonds is 5. The Hall–Kier alpha value is -2.34. The van der Waals surface area contributed by atoms with Gasteiger partial charge in [0.2, 0.25) is 0 Å². The summed E-state index contributed by atoms with van der Waals surface area (Å²) >= 11 is 0. The number of furan rings is 1. The van der Waals surface area contributed by atoms with Crippen molar-refractivity contribution < 1.29 is 13.9 Å². The lowest BCUT2D eigenvalue weighted by Crippen LogP contribution is -2.39. The third-order valence-electron chi connectivity index (χ3n) is 2.96. The minimum Gasteiger partial charge on any atom is -0.467 e. The molecule has 0 amide bonds. The molecule has 2 aromatic rings. The summed E-state index contributed by atoms with van der Waals surface area (Å²) in [5.74, 6) is 0.847. The Morgan fingerprint density at radius 2 is 2.10 bits per heavy atom. The van der Waals surface area contributed by atoms with Gasteiger partial charge in [0.15, 0.2) is 5.96 Å². The molecule has 112 valence electrons. The molecule has 2 rings (SSSR count). The van der Waals surface area contributed by atoms with Gasteiger partial charge in [-0.25, -0.2) is 4.39 Å². The molecule has 0 saturated carbocycles. The third kappa shape index (κ3) is 4.32. The van der Waals surface area contributed by atoms with Crippen molar-refractivity contribution in [3.63, 3.8) is 0 Å². The monoisotopic (exact) mass is 291 g/mol. The largest absolute Gasteiger partial charge is 0.467 e. The van der Waals surface area contributed by atoms with Gasteiger partial charge in [0.1, 0.15) is 11.6 Å². The minimum absolute atomic E-state index is 0.152. The Labute approximate surface area is 122 Å². The van der Waals surface area contributed by atoms with Crippen molar-refractivity contribution in [2.75, 3.05) is 13.6 Å². The number of hydrogen-bond acceptors (Lipinski definition) is 3. The SMILES string of the molecule is CN=C(NCc1ccco1)NCC(O)c1ccccc1F. The molecule has 1 unspecified atom stereocenters. The molecule has 0 spiro atoms. The summed E-state index contributed by atoms with van der Waals surface area (Å²) in [7, 11) is 1.62. The maximum absolute atomic E-state index is 13.5. The van der Waals surface area contributed by atoms with Gasteiger partial charge in [-0.15, -0.1) is 0 Å². The molecule has 0 radical (unpaired) electrons. The average molecular weight is 291 g/mol. The van der Waals surface area contributed by atoms with Crippen LogP contribution >= 0.6 is 0 Å². The molecule has 1 aromatic heterocycles. The molecule has 0 fully saturated rings. The van der Waals surface area contributed by atoms with E-state index < -0.39 is 11.9 Å². The van der Waals surface area contributed by atoms with Crippen LogP contribution in [0.4, 0.5) is 4.39 Å². The van der Waals surface area contributed by atoms with Gasteiger partial charge in [-0.05, 0) is 18.2 Å².